The molecule has 5 atom stereocenters. The molecule has 0 amide bonds. The van der Waals surface area contributed by atoms with Crippen molar-refractivity contribution in [3.8, 4) is 0 Å². The number of hydrogen-bond acceptors (Lipinski definition) is 5. The fourth-order valence-corrected chi connectivity index (χ4v) is 8.06. The van der Waals surface area contributed by atoms with Crippen molar-refractivity contribution in [3.63, 3.8) is 0 Å². The molecule has 1 N–H and O–H groups in total. The van der Waals surface area contributed by atoms with Gasteiger partial charge in [0.15, 0.2) is 0 Å². The average Bonchev–Trinajstić information content (AvgIpc) is 3.33. The zero-order chi connectivity index (χ0) is 17.1. The molecule has 2 fully saturated rings. The molecule has 5 rings (SSSR count). The van der Waals surface area contributed by atoms with E-state index in [0.717, 1.165) is 16.9 Å². The summed E-state index contributed by atoms with van der Waals surface area (Å²) >= 11 is 3.26. The van der Waals surface area contributed by atoms with E-state index in [9.17, 15) is 9.59 Å². The van der Waals surface area contributed by atoms with Crippen molar-refractivity contribution in [2.45, 2.75) is 35.5 Å². The fourth-order valence-electron chi connectivity index (χ4n) is 5.17. The van der Waals surface area contributed by atoms with E-state index < -0.39 is 0 Å². The normalized spacial score (nSPS) is 32.3. The molecule has 3 aliphatic rings. The predicted octanol–water partition coefficient (Wildman–Crippen LogP) is 3.88. The van der Waals surface area contributed by atoms with Gasteiger partial charge in [-0.15, -0.1) is 11.8 Å². The Morgan fingerprint density at radius 2 is 1.96 bits per heavy atom. The molecule has 2 heterocycles. The minimum Gasteiger partial charge on any atom is -0.465 e. The van der Waals surface area contributed by atoms with Crippen molar-refractivity contribution in [2.24, 2.45) is 17.8 Å². The summed E-state index contributed by atoms with van der Waals surface area (Å²) in [5.41, 5.74) is 1.79. The van der Waals surface area contributed by atoms with Crippen LogP contribution in [-0.2, 0) is 4.74 Å². The number of thioether (sulfide) groups is 1. The maximum Gasteiger partial charge on any atom is 0.337 e. The smallest absolute Gasteiger partial charge is 0.337 e. The van der Waals surface area contributed by atoms with E-state index in [1.54, 1.807) is 0 Å². The molecule has 1 aromatic heterocycles. The van der Waals surface area contributed by atoms with Gasteiger partial charge in [-0.2, -0.15) is 0 Å². The van der Waals surface area contributed by atoms with Gasteiger partial charge in [-0.25, -0.2) is 4.79 Å². The summed E-state index contributed by atoms with van der Waals surface area (Å²) in [6.07, 6.45) is 3.98. The van der Waals surface area contributed by atoms with Gasteiger partial charge in [0.05, 0.1) is 17.7 Å². The number of hydrogen-bond donors (Lipinski definition) is 1. The van der Waals surface area contributed by atoms with Crippen LogP contribution in [0.2, 0.25) is 0 Å². The summed E-state index contributed by atoms with van der Waals surface area (Å²) in [5, 5.41) is 1.69. The Balaban J connectivity index is 1.60. The van der Waals surface area contributed by atoms with Gasteiger partial charge in [-0.1, -0.05) is 23.5 Å². The van der Waals surface area contributed by atoms with Crippen LogP contribution in [0.25, 0.3) is 0 Å². The number of thiazole rings is 1. The number of esters is 1. The van der Waals surface area contributed by atoms with Crippen molar-refractivity contribution in [2.75, 3.05) is 7.11 Å². The third-order valence-corrected chi connectivity index (χ3v) is 8.78. The van der Waals surface area contributed by atoms with Crippen LogP contribution >= 0.6 is 23.1 Å². The molecule has 4 nitrogen and oxygen atoms in total. The zero-order valence-electron chi connectivity index (χ0n) is 13.9. The molecule has 0 saturated heterocycles. The number of carbonyl (C=O) groups is 1. The monoisotopic (exact) mass is 373 g/mol. The number of rotatable bonds is 2. The first-order chi connectivity index (χ1) is 12.2. The first kappa shape index (κ1) is 15.7. The summed E-state index contributed by atoms with van der Waals surface area (Å²) in [4.78, 5) is 28.0. The number of ether oxygens (including phenoxy) is 1. The van der Waals surface area contributed by atoms with Crippen molar-refractivity contribution >= 4 is 29.1 Å². The van der Waals surface area contributed by atoms with Gasteiger partial charge in [-0.3, -0.25) is 4.79 Å². The number of fused-ring (bicyclic) bond motifs is 6. The van der Waals surface area contributed by atoms with E-state index in [-0.39, 0.29) is 16.8 Å². The van der Waals surface area contributed by atoms with Gasteiger partial charge in [0.2, 0.25) is 0 Å². The van der Waals surface area contributed by atoms with Gasteiger partial charge >= 0.3 is 10.8 Å². The van der Waals surface area contributed by atoms with Gasteiger partial charge in [0, 0.05) is 16.0 Å². The molecular formula is C19H19NO3S2. The molecule has 6 heteroatoms. The average molecular weight is 373 g/mol. The molecule has 2 saturated carbocycles. The minimum atomic E-state index is -0.310. The number of aromatic nitrogens is 1. The minimum absolute atomic E-state index is 0.0426. The number of H-pyrrole nitrogens is 1. The molecule has 1 aromatic carbocycles. The molecule has 0 spiro atoms. The Kier molecular flexibility index (Phi) is 3.61. The second-order valence-corrected chi connectivity index (χ2v) is 9.50. The highest BCUT2D eigenvalue weighted by atomic mass is 32.2. The molecule has 130 valence electrons. The fraction of sp³-hybridized carbons (Fsp3) is 0.474. The van der Waals surface area contributed by atoms with Crippen LogP contribution in [0.3, 0.4) is 0 Å². The summed E-state index contributed by atoms with van der Waals surface area (Å²) in [6.45, 7) is 0. The quantitative estimate of drug-likeness (QED) is 0.812. The number of benzene rings is 1. The largest absolute Gasteiger partial charge is 0.465 e. The predicted molar refractivity (Wildman–Crippen MR) is 98.5 cm³/mol. The van der Waals surface area contributed by atoms with E-state index in [2.05, 4.69) is 4.98 Å². The maximum absolute atomic E-state index is 12.0. The van der Waals surface area contributed by atoms with E-state index in [1.165, 1.54) is 48.1 Å². The Morgan fingerprint density at radius 1 is 1.20 bits per heavy atom. The lowest BCUT2D eigenvalue weighted by Crippen LogP contribution is -2.33. The maximum atomic E-state index is 12.0. The van der Waals surface area contributed by atoms with Crippen LogP contribution in [-0.4, -0.2) is 23.3 Å². The van der Waals surface area contributed by atoms with Crippen LogP contribution < -0.4 is 4.87 Å². The molecule has 2 bridgehead atoms. The number of carbonyl (C=O) groups excluding carboxylic acids is 1. The van der Waals surface area contributed by atoms with Gasteiger partial charge in [-0.05, 0) is 54.7 Å². The highest BCUT2D eigenvalue weighted by Gasteiger charge is 2.54. The number of nitrogens with one attached hydrogen (secondary N) is 1. The van der Waals surface area contributed by atoms with Gasteiger partial charge in [0.25, 0.3) is 0 Å². The zero-order valence-corrected chi connectivity index (χ0v) is 15.5. The molecular weight excluding hydrogens is 354 g/mol. The van der Waals surface area contributed by atoms with Crippen molar-refractivity contribution < 1.29 is 9.53 Å². The molecule has 25 heavy (non-hydrogen) atoms. The van der Waals surface area contributed by atoms with E-state index in [0.29, 0.717) is 16.7 Å². The van der Waals surface area contributed by atoms with Crippen LogP contribution in [0.5, 0.6) is 0 Å². The van der Waals surface area contributed by atoms with E-state index in [1.807, 2.05) is 36.0 Å². The van der Waals surface area contributed by atoms with Crippen LogP contribution in [0, 0.1) is 17.8 Å². The molecule has 2 aromatic rings. The molecule has 0 radical (unpaired) electrons. The second kappa shape index (κ2) is 5.74. The highest BCUT2D eigenvalue weighted by Crippen LogP contribution is 2.63. The Hall–Kier alpha value is -1.53. The lowest BCUT2D eigenvalue weighted by Gasteiger charge is -2.40. The summed E-state index contributed by atoms with van der Waals surface area (Å²) in [5.74, 6) is 2.11. The second-order valence-electron chi connectivity index (χ2n) is 7.29. The number of methoxy groups -OCH3 is 1. The lowest BCUT2D eigenvalue weighted by atomic mass is 9.75. The van der Waals surface area contributed by atoms with E-state index in [4.69, 9.17) is 4.74 Å². The molecule has 1 aliphatic heterocycles. The summed E-state index contributed by atoms with van der Waals surface area (Å²) in [7, 11) is 1.40. The first-order valence-corrected chi connectivity index (χ1v) is 10.4. The van der Waals surface area contributed by atoms with Gasteiger partial charge in [0.1, 0.15) is 0 Å². The summed E-state index contributed by atoms with van der Waals surface area (Å²) in [6, 6.07) is 7.79. The Labute approximate surface area is 154 Å². The Morgan fingerprint density at radius 3 is 2.72 bits per heavy atom. The molecule has 2 aliphatic carbocycles. The van der Waals surface area contributed by atoms with Crippen LogP contribution in [0.15, 0.2) is 34.1 Å². The van der Waals surface area contributed by atoms with Gasteiger partial charge < -0.3 is 9.72 Å². The van der Waals surface area contributed by atoms with E-state index >= 15 is 0 Å². The van der Waals surface area contributed by atoms with Crippen LogP contribution in [0.1, 0.15) is 46.0 Å². The number of aromatic amines is 1. The van der Waals surface area contributed by atoms with Crippen molar-refractivity contribution in [1.29, 1.82) is 0 Å². The van der Waals surface area contributed by atoms with Crippen molar-refractivity contribution in [1.82, 2.24) is 4.98 Å². The SMILES string of the molecule is COC(=O)c1ccc([C@@H]2c3sc(=O)[nH]c3S[C@@H]3[C@H]4CC[C@@H](C4)[C@@H]23)cc1. The van der Waals surface area contributed by atoms with Crippen LogP contribution in [0.4, 0.5) is 0 Å². The topological polar surface area (TPSA) is 59.2 Å². The first-order valence-electron chi connectivity index (χ1n) is 8.73. The standard InChI is InChI=1S/C19H19NO3S2/c1-23-18(21)10-4-2-9(3-5-10)13-14-11-6-7-12(8-11)15(14)24-17-16(13)25-19(22)20-17/h2-5,11-15H,6-8H2,1H3,(H,20,22)/t11-,12-,13-,14-,15+/m0/s1. The highest BCUT2D eigenvalue weighted by molar-refractivity contribution is 8.00. The summed E-state index contributed by atoms with van der Waals surface area (Å²) < 4.78 is 4.80. The third-order valence-electron chi connectivity index (χ3n) is 6.16. The molecule has 0 unspecified atom stereocenters. The lowest BCUT2D eigenvalue weighted by molar-refractivity contribution is 0.0600. The Bertz CT molecular complexity index is 885. The van der Waals surface area contributed by atoms with Crippen molar-refractivity contribution in [3.05, 3.63) is 49.9 Å². The third kappa shape index (κ3) is 2.34.